The third-order valence-electron chi connectivity index (χ3n) is 3.88. The second-order valence-electron chi connectivity index (χ2n) is 5.81. The Morgan fingerprint density at radius 2 is 1.71 bits per heavy atom. The molecule has 0 spiro atoms. The first-order valence-electron chi connectivity index (χ1n) is 7.60. The van der Waals surface area contributed by atoms with Crippen LogP contribution in [0.15, 0.2) is 47.4 Å². The highest BCUT2D eigenvalue weighted by atomic mass is 32.2. The Bertz CT molecular complexity index is 843. The average molecular weight is 346 g/mol. The normalized spacial score (nSPS) is 11.5. The summed E-state index contributed by atoms with van der Waals surface area (Å²) < 4.78 is 26.9. The van der Waals surface area contributed by atoms with Crippen molar-refractivity contribution in [2.75, 3.05) is 14.1 Å². The van der Waals surface area contributed by atoms with E-state index >= 15 is 0 Å². The number of hydrogen-bond donors (Lipinski definition) is 1. The van der Waals surface area contributed by atoms with Crippen molar-refractivity contribution in [3.8, 4) is 0 Å². The molecule has 0 saturated heterocycles. The first-order chi connectivity index (χ1) is 11.3. The fraction of sp³-hybridized carbons (Fsp3) is 0.278. The Morgan fingerprint density at radius 3 is 2.29 bits per heavy atom. The second-order valence-corrected chi connectivity index (χ2v) is 7.82. The largest absolute Gasteiger partial charge is 0.355 e. The van der Waals surface area contributed by atoms with Crippen LogP contribution in [0, 0.1) is 13.8 Å². The maximum atomic E-state index is 12.8. The van der Waals surface area contributed by atoms with Crippen LogP contribution in [0.3, 0.4) is 0 Å². The van der Waals surface area contributed by atoms with E-state index < -0.39 is 10.0 Å². The number of rotatable bonds is 5. The molecule has 0 saturated carbocycles. The van der Waals surface area contributed by atoms with Crippen LogP contribution < -0.4 is 5.32 Å². The minimum atomic E-state index is -3.57. The zero-order valence-electron chi connectivity index (χ0n) is 14.3. The van der Waals surface area contributed by atoms with Crippen molar-refractivity contribution < 1.29 is 13.2 Å². The lowest BCUT2D eigenvalue weighted by Gasteiger charge is -2.19. The quantitative estimate of drug-likeness (QED) is 0.904. The molecule has 0 aliphatic rings. The summed E-state index contributed by atoms with van der Waals surface area (Å²) >= 11 is 0. The van der Waals surface area contributed by atoms with Gasteiger partial charge in [-0.3, -0.25) is 4.79 Å². The van der Waals surface area contributed by atoms with Gasteiger partial charge in [-0.15, -0.1) is 0 Å². The van der Waals surface area contributed by atoms with Gasteiger partial charge in [0.2, 0.25) is 10.0 Å². The number of nitrogens with zero attached hydrogens (tertiary/aromatic N) is 1. The van der Waals surface area contributed by atoms with Crippen LogP contribution in [-0.4, -0.2) is 32.7 Å². The molecule has 1 N–H and O–H groups in total. The summed E-state index contributed by atoms with van der Waals surface area (Å²) in [4.78, 5) is 11.9. The predicted octanol–water partition coefficient (Wildman–Crippen LogP) is 2.48. The molecule has 2 rings (SSSR count). The zero-order chi connectivity index (χ0) is 17.9. The minimum absolute atomic E-state index is 0.169. The van der Waals surface area contributed by atoms with E-state index in [2.05, 4.69) is 5.32 Å². The standard InChI is InChI=1S/C18H22N2O3S/c1-13-5-6-14(2)17(11-13)24(22,23)20(4)12-15-7-9-16(10-8-15)18(21)19-3/h5-11H,12H2,1-4H3,(H,19,21). The van der Waals surface area contributed by atoms with Crippen LogP contribution in [0.25, 0.3) is 0 Å². The lowest BCUT2D eigenvalue weighted by Crippen LogP contribution is -2.27. The van der Waals surface area contributed by atoms with E-state index in [-0.39, 0.29) is 12.5 Å². The SMILES string of the molecule is CNC(=O)c1ccc(CN(C)S(=O)(=O)c2cc(C)ccc2C)cc1. The molecular formula is C18H22N2O3S. The number of benzene rings is 2. The average Bonchev–Trinajstić information content (AvgIpc) is 2.56. The highest BCUT2D eigenvalue weighted by Gasteiger charge is 2.23. The van der Waals surface area contributed by atoms with Gasteiger partial charge in [-0.25, -0.2) is 8.42 Å². The van der Waals surface area contributed by atoms with Gasteiger partial charge >= 0.3 is 0 Å². The maximum absolute atomic E-state index is 12.8. The number of aryl methyl sites for hydroxylation is 2. The van der Waals surface area contributed by atoms with Crippen LogP contribution in [-0.2, 0) is 16.6 Å². The number of amides is 1. The highest BCUT2D eigenvalue weighted by Crippen LogP contribution is 2.21. The van der Waals surface area contributed by atoms with Gasteiger partial charge in [0.1, 0.15) is 0 Å². The van der Waals surface area contributed by atoms with Crippen LogP contribution in [0.2, 0.25) is 0 Å². The van der Waals surface area contributed by atoms with E-state index in [0.717, 1.165) is 16.7 Å². The van der Waals surface area contributed by atoms with Crippen molar-refractivity contribution >= 4 is 15.9 Å². The van der Waals surface area contributed by atoms with Gasteiger partial charge in [0, 0.05) is 26.2 Å². The van der Waals surface area contributed by atoms with Gasteiger partial charge in [0.25, 0.3) is 5.91 Å². The molecule has 1 amide bonds. The lowest BCUT2D eigenvalue weighted by molar-refractivity contribution is 0.0963. The number of carbonyl (C=O) groups is 1. The number of nitrogens with one attached hydrogen (secondary N) is 1. The van der Waals surface area contributed by atoms with Crippen LogP contribution in [0.4, 0.5) is 0 Å². The Kier molecular flexibility index (Phi) is 5.41. The van der Waals surface area contributed by atoms with Crippen molar-refractivity contribution in [3.05, 3.63) is 64.7 Å². The molecule has 0 bridgehead atoms. The van der Waals surface area contributed by atoms with E-state index in [1.54, 1.807) is 51.4 Å². The van der Waals surface area contributed by atoms with Gasteiger partial charge in [0.05, 0.1) is 4.90 Å². The van der Waals surface area contributed by atoms with Gasteiger partial charge in [0.15, 0.2) is 0 Å². The van der Waals surface area contributed by atoms with Gasteiger partial charge in [-0.2, -0.15) is 4.31 Å². The van der Waals surface area contributed by atoms with Gasteiger partial charge in [-0.1, -0.05) is 24.3 Å². The van der Waals surface area contributed by atoms with Crippen molar-refractivity contribution in [2.45, 2.75) is 25.3 Å². The number of carbonyl (C=O) groups excluding carboxylic acids is 1. The zero-order valence-corrected chi connectivity index (χ0v) is 15.1. The Morgan fingerprint density at radius 1 is 1.08 bits per heavy atom. The van der Waals surface area contributed by atoms with Crippen molar-refractivity contribution in [2.24, 2.45) is 0 Å². The maximum Gasteiger partial charge on any atom is 0.251 e. The second kappa shape index (κ2) is 7.15. The van der Waals surface area contributed by atoms with Crippen molar-refractivity contribution in [3.63, 3.8) is 0 Å². The highest BCUT2D eigenvalue weighted by molar-refractivity contribution is 7.89. The van der Waals surface area contributed by atoms with Crippen LogP contribution in [0.1, 0.15) is 27.0 Å². The molecule has 0 atom stereocenters. The predicted molar refractivity (Wildman–Crippen MR) is 94.4 cm³/mol. The van der Waals surface area contributed by atoms with Crippen molar-refractivity contribution in [1.29, 1.82) is 0 Å². The molecule has 128 valence electrons. The summed E-state index contributed by atoms with van der Waals surface area (Å²) in [6, 6.07) is 12.3. The lowest BCUT2D eigenvalue weighted by atomic mass is 10.1. The van der Waals surface area contributed by atoms with Crippen molar-refractivity contribution in [1.82, 2.24) is 9.62 Å². The third kappa shape index (κ3) is 3.83. The van der Waals surface area contributed by atoms with E-state index in [0.29, 0.717) is 10.5 Å². The van der Waals surface area contributed by atoms with E-state index in [1.807, 2.05) is 19.1 Å². The topological polar surface area (TPSA) is 66.5 Å². The molecule has 24 heavy (non-hydrogen) atoms. The molecule has 5 nitrogen and oxygen atoms in total. The molecule has 2 aromatic rings. The summed E-state index contributed by atoms with van der Waals surface area (Å²) in [6.45, 7) is 3.90. The summed E-state index contributed by atoms with van der Waals surface area (Å²) in [5.74, 6) is -0.169. The molecule has 0 aromatic heterocycles. The summed E-state index contributed by atoms with van der Waals surface area (Å²) in [5, 5.41) is 2.55. The number of hydrogen-bond acceptors (Lipinski definition) is 3. The Labute approximate surface area is 143 Å². The molecule has 0 aliphatic heterocycles. The summed E-state index contributed by atoms with van der Waals surface area (Å²) in [7, 11) is -0.438. The Balaban J connectivity index is 2.23. The minimum Gasteiger partial charge on any atom is -0.355 e. The fourth-order valence-corrected chi connectivity index (χ4v) is 3.87. The van der Waals surface area contributed by atoms with E-state index in [4.69, 9.17) is 0 Å². The molecule has 0 radical (unpaired) electrons. The first kappa shape index (κ1) is 18.2. The van der Waals surface area contributed by atoms with Gasteiger partial charge < -0.3 is 5.32 Å². The monoisotopic (exact) mass is 346 g/mol. The molecule has 2 aromatic carbocycles. The van der Waals surface area contributed by atoms with Gasteiger partial charge in [-0.05, 0) is 48.7 Å². The molecule has 0 unspecified atom stereocenters. The molecule has 0 heterocycles. The molecule has 0 fully saturated rings. The van der Waals surface area contributed by atoms with E-state index in [9.17, 15) is 13.2 Å². The first-order valence-corrected chi connectivity index (χ1v) is 9.04. The Hall–Kier alpha value is -2.18. The smallest absolute Gasteiger partial charge is 0.251 e. The molecular weight excluding hydrogens is 324 g/mol. The summed E-state index contributed by atoms with van der Waals surface area (Å²) in [6.07, 6.45) is 0. The molecule has 0 aliphatic carbocycles. The third-order valence-corrected chi connectivity index (χ3v) is 5.83. The fourth-order valence-electron chi connectivity index (χ4n) is 2.40. The summed E-state index contributed by atoms with van der Waals surface area (Å²) in [5.41, 5.74) is 2.99. The van der Waals surface area contributed by atoms with E-state index in [1.165, 1.54) is 4.31 Å². The van der Waals surface area contributed by atoms with Crippen LogP contribution in [0.5, 0.6) is 0 Å². The van der Waals surface area contributed by atoms with Crippen LogP contribution >= 0.6 is 0 Å². The molecule has 6 heteroatoms. The number of sulfonamides is 1.